The van der Waals surface area contributed by atoms with Crippen molar-refractivity contribution >= 4 is 17.5 Å². The third-order valence-corrected chi connectivity index (χ3v) is 5.25. The molecule has 0 aliphatic carbocycles. The van der Waals surface area contributed by atoms with Crippen molar-refractivity contribution in [2.45, 2.75) is 18.8 Å². The molecule has 0 saturated carbocycles. The zero-order valence-corrected chi connectivity index (χ0v) is 16.2. The van der Waals surface area contributed by atoms with Gasteiger partial charge in [-0.1, -0.05) is 22.8 Å². The lowest BCUT2D eigenvalue weighted by atomic mass is 9.95. The monoisotopic (exact) mass is 397 g/mol. The summed E-state index contributed by atoms with van der Waals surface area (Å²) in [5, 5.41) is 4.79. The van der Waals surface area contributed by atoms with Gasteiger partial charge in [0, 0.05) is 35.2 Å². The van der Waals surface area contributed by atoms with Crippen molar-refractivity contribution in [3.63, 3.8) is 0 Å². The molecule has 1 aromatic heterocycles. The number of benzene rings is 2. The summed E-state index contributed by atoms with van der Waals surface area (Å²) in [7, 11) is 1.62. The molecule has 0 N–H and O–H groups in total. The SMILES string of the molecule is COc1cccc(-c2nc(C3CCN(C(=O)c4ccc(Cl)cc4)CC3)no2)c1. The van der Waals surface area contributed by atoms with Crippen molar-refractivity contribution in [2.24, 2.45) is 0 Å². The van der Waals surface area contributed by atoms with Gasteiger partial charge in [0.15, 0.2) is 5.82 Å². The van der Waals surface area contributed by atoms with Crippen LogP contribution in [-0.2, 0) is 0 Å². The molecule has 4 rings (SSSR count). The maximum Gasteiger partial charge on any atom is 0.258 e. The number of likely N-dealkylation sites (tertiary alicyclic amines) is 1. The van der Waals surface area contributed by atoms with Gasteiger partial charge in [-0.15, -0.1) is 0 Å². The van der Waals surface area contributed by atoms with Gasteiger partial charge in [-0.2, -0.15) is 4.98 Å². The lowest BCUT2D eigenvalue weighted by molar-refractivity contribution is 0.0710. The number of aromatic nitrogens is 2. The molecule has 1 amide bonds. The molecule has 0 spiro atoms. The van der Waals surface area contributed by atoms with Crippen LogP contribution >= 0.6 is 11.6 Å². The molecule has 3 aromatic rings. The molecular weight excluding hydrogens is 378 g/mol. The molecule has 1 aliphatic heterocycles. The van der Waals surface area contributed by atoms with E-state index in [1.165, 1.54) is 0 Å². The Hall–Kier alpha value is -2.86. The zero-order chi connectivity index (χ0) is 19.5. The van der Waals surface area contributed by atoms with Crippen molar-refractivity contribution in [2.75, 3.05) is 20.2 Å². The highest BCUT2D eigenvalue weighted by Crippen LogP contribution is 2.29. The summed E-state index contributed by atoms with van der Waals surface area (Å²) in [5.41, 5.74) is 1.48. The number of rotatable bonds is 4. The number of hydrogen-bond acceptors (Lipinski definition) is 5. The molecule has 1 fully saturated rings. The Morgan fingerprint density at radius 2 is 1.93 bits per heavy atom. The number of amides is 1. The zero-order valence-electron chi connectivity index (χ0n) is 15.5. The minimum Gasteiger partial charge on any atom is -0.497 e. The van der Waals surface area contributed by atoms with Crippen LogP contribution in [0.3, 0.4) is 0 Å². The summed E-state index contributed by atoms with van der Waals surface area (Å²) in [6.07, 6.45) is 1.60. The molecule has 7 heteroatoms. The maximum absolute atomic E-state index is 12.6. The molecule has 144 valence electrons. The number of carbonyl (C=O) groups excluding carboxylic acids is 1. The van der Waals surface area contributed by atoms with Crippen molar-refractivity contribution in [3.05, 3.63) is 64.9 Å². The summed E-state index contributed by atoms with van der Waals surface area (Å²) >= 11 is 5.90. The first kappa shape index (κ1) is 18.5. The Balaban J connectivity index is 1.41. The first-order valence-electron chi connectivity index (χ1n) is 9.17. The minimum absolute atomic E-state index is 0.0281. The van der Waals surface area contributed by atoms with E-state index in [1.54, 1.807) is 31.4 Å². The molecule has 0 bridgehead atoms. The molecule has 6 nitrogen and oxygen atoms in total. The molecule has 1 saturated heterocycles. The minimum atomic E-state index is 0.0281. The molecule has 28 heavy (non-hydrogen) atoms. The van der Waals surface area contributed by atoms with E-state index in [0.29, 0.717) is 35.4 Å². The predicted molar refractivity (Wildman–Crippen MR) is 106 cm³/mol. The number of piperidine rings is 1. The molecule has 1 aliphatic rings. The average molecular weight is 398 g/mol. The number of halogens is 1. The van der Waals surface area contributed by atoms with Crippen LogP contribution in [0.4, 0.5) is 0 Å². The van der Waals surface area contributed by atoms with E-state index in [1.807, 2.05) is 29.2 Å². The standard InChI is InChI=1S/C21H20ClN3O3/c1-27-18-4-2-3-16(13-18)20-23-19(24-28-20)14-9-11-25(12-10-14)21(26)15-5-7-17(22)8-6-15/h2-8,13-14H,9-12H2,1H3. The van der Waals surface area contributed by atoms with Crippen LogP contribution in [0.5, 0.6) is 5.75 Å². The second-order valence-electron chi connectivity index (χ2n) is 6.76. The normalized spacial score (nSPS) is 14.9. The van der Waals surface area contributed by atoms with Crippen molar-refractivity contribution < 1.29 is 14.1 Å². The third-order valence-electron chi connectivity index (χ3n) is 5.00. The van der Waals surface area contributed by atoms with Gasteiger partial charge in [0.2, 0.25) is 0 Å². The summed E-state index contributed by atoms with van der Waals surface area (Å²) < 4.78 is 10.7. The predicted octanol–water partition coefficient (Wildman–Crippen LogP) is 4.42. The molecule has 0 atom stereocenters. The van der Waals surface area contributed by atoms with Gasteiger partial charge in [-0.05, 0) is 55.3 Å². The van der Waals surface area contributed by atoms with Gasteiger partial charge in [0.05, 0.1) is 7.11 Å². The first-order chi connectivity index (χ1) is 13.6. The smallest absolute Gasteiger partial charge is 0.258 e. The van der Waals surface area contributed by atoms with Crippen LogP contribution in [0.15, 0.2) is 53.1 Å². The fourth-order valence-corrected chi connectivity index (χ4v) is 3.52. The van der Waals surface area contributed by atoms with Crippen LogP contribution in [0.2, 0.25) is 5.02 Å². The number of hydrogen-bond donors (Lipinski definition) is 0. The van der Waals surface area contributed by atoms with E-state index >= 15 is 0 Å². The summed E-state index contributed by atoms with van der Waals surface area (Å²) in [6.45, 7) is 1.32. The van der Waals surface area contributed by atoms with E-state index in [-0.39, 0.29) is 11.8 Å². The van der Waals surface area contributed by atoms with Crippen LogP contribution in [0, 0.1) is 0 Å². The Morgan fingerprint density at radius 3 is 2.64 bits per heavy atom. The number of methoxy groups -OCH3 is 1. The second kappa shape index (κ2) is 8.02. The van der Waals surface area contributed by atoms with Crippen LogP contribution in [0.25, 0.3) is 11.5 Å². The molecule has 2 heterocycles. The van der Waals surface area contributed by atoms with E-state index < -0.39 is 0 Å². The van der Waals surface area contributed by atoms with Gasteiger partial charge in [0.1, 0.15) is 5.75 Å². The Bertz CT molecular complexity index is 963. The van der Waals surface area contributed by atoms with Crippen molar-refractivity contribution in [3.8, 4) is 17.2 Å². The highest BCUT2D eigenvalue weighted by molar-refractivity contribution is 6.30. The fraction of sp³-hybridized carbons (Fsp3) is 0.286. The largest absolute Gasteiger partial charge is 0.497 e. The van der Waals surface area contributed by atoms with Crippen LogP contribution in [0.1, 0.15) is 34.9 Å². The maximum atomic E-state index is 12.6. The Morgan fingerprint density at radius 1 is 1.18 bits per heavy atom. The van der Waals surface area contributed by atoms with Crippen LogP contribution < -0.4 is 4.74 Å². The van der Waals surface area contributed by atoms with Gasteiger partial charge in [-0.3, -0.25) is 4.79 Å². The molecule has 2 aromatic carbocycles. The lowest BCUT2D eigenvalue weighted by Crippen LogP contribution is -2.38. The summed E-state index contributed by atoms with van der Waals surface area (Å²) in [5.74, 6) is 2.12. The van der Waals surface area contributed by atoms with Gasteiger partial charge >= 0.3 is 0 Å². The second-order valence-corrected chi connectivity index (χ2v) is 7.20. The number of nitrogens with zero attached hydrogens (tertiary/aromatic N) is 3. The summed E-state index contributed by atoms with van der Waals surface area (Å²) in [6, 6.07) is 14.5. The topological polar surface area (TPSA) is 68.5 Å². The third kappa shape index (κ3) is 3.87. The number of carbonyl (C=O) groups is 1. The van der Waals surface area contributed by atoms with Gasteiger partial charge in [0.25, 0.3) is 11.8 Å². The molecular formula is C21H20ClN3O3. The van der Waals surface area contributed by atoms with Crippen LogP contribution in [-0.4, -0.2) is 41.1 Å². The Labute approximate surface area is 168 Å². The highest BCUT2D eigenvalue weighted by Gasteiger charge is 2.27. The fourth-order valence-electron chi connectivity index (χ4n) is 3.39. The van der Waals surface area contributed by atoms with Gasteiger partial charge in [-0.25, -0.2) is 0 Å². The molecule has 0 radical (unpaired) electrons. The Kier molecular flexibility index (Phi) is 5.30. The van der Waals surface area contributed by atoms with E-state index in [9.17, 15) is 4.79 Å². The summed E-state index contributed by atoms with van der Waals surface area (Å²) in [4.78, 5) is 19.1. The average Bonchev–Trinajstić information content (AvgIpc) is 3.24. The van der Waals surface area contributed by atoms with E-state index in [4.69, 9.17) is 20.9 Å². The van der Waals surface area contributed by atoms with Crippen molar-refractivity contribution in [1.29, 1.82) is 0 Å². The lowest BCUT2D eigenvalue weighted by Gasteiger charge is -2.30. The molecule has 0 unspecified atom stereocenters. The van der Waals surface area contributed by atoms with Crippen molar-refractivity contribution in [1.82, 2.24) is 15.0 Å². The van der Waals surface area contributed by atoms with E-state index in [2.05, 4.69) is 10.1 Å². The quantitative estimate of drug-likeness (QED) is 0.651. The van der Waals surface area contributed by atoms with Gasteiger partial charge < -0.3 is 14.2 Å². The number of ether oxygens (including phenoxy) is 1. The first-order valence-corrected chi connectivity index (χ1v) is 9.54. The highest BCUT2D eigenvalue weighted by atomic mass is 35.5. The van der Waals surface area contributed by atoms with E-state index in [0.717, 1.165) is 24.2 Å².